The number of anilines is 1. The van der Waals surface area contributed by atoms with Crippen molar-refractivity contribution in [3.63, 3.8) is 0 Å². The zero-order valence-corrected chi connectivity index (χ0v) is 14.1. The van der Waals surface area contributed by atoms with Gasteiger partial charge in [0.25, 0.3) is 5.91 Å². The first-order valence-electron chi connectivity index (χ1n) is 7.89. The van der Waals surface area contributed by atoms with E-state index in [2.05, 4.69) is 16.4 Å². The maximum atomic E-state index is 12.3. The van der Waals surface area contributed by atoms with Crippen LogP contribution < -0.4 is 10.1 Å². The third kappa shape index (κ3) is 3.54. The summed E-state index contributed by atoms with van der Waals surface area (Å²) in [6.45, 7) is 5.97. The van der Waals surface area contributed by atoms with E-state index in [1.165, 1.54) is 0 Å². The molecular formula is C20H20N2O2. The Bertz CT molecular complexity index is 889. The number of hydrogen-bond acceptors (Lipinski definition) is 3. The number of amides is 1. The molecule has 122 valence electrons. The van der Waals surface area contributed by atoms with Gasteiger partial charge in [-0.05, 0) is 50.6 Å². The molecule has 3 rings (SSSR count). The molecule has 0 saturated heterocycles. The third-order valence-corrected chi connectivity index (χ3v) is 3.76. The Labute approximate surface area is 141 Å². The monoisotopic (exact) mass is 320 g/mol. The number of pyridine rings is 1. The second kappa shape index (κ2) is 6.71. The third-order valence-electron chi connectivity index (χ3n) is 3.76. The molecule has 1 heterocycles. The molecule has 0 aliphatic heterocycles. The average molecular weight is 320 g/mol. The number of aromatic nitrogens is 1. The van der Waals surface area contributed by atoms with Gasteiger partial charge in [0.15, 0.2) is 6.61 Å². The average Bonchev–Trinajstić information content (AvgIpc) is 2.55. The molecule has 0 aliphatic carbocycles. The molecule has 3 aromatic rings. The topological polar surface area (TPSA) is 51.2 Å². The van der Waals surface area contributed by atoms with Gasteiger partial charge in [-0.1, -0.05) is 29.8 Å². The lowest BCUT2D eigenvalue weighted by Gasteiger charge is -2.12. The van der Waals surface area contributed by atoms with Crippen molar-refractivity contribution in [2.24, 2.45) is 0 Å². The lowest BCUT2D eigenvalue weighted by Crippen LogP contribution is -2.20. The van der Waals surface area contributed by atoms with Crippen LogP contribution in [0.15, 0.2) is 48.5 Å². The number of rotatable bonds is 4. The molecule has 0 spiro atoms. The number of carbonyl (C=O) groups excluding carboxylic acids is 1. The molecule has 0 bridgehead atoms. The van der Waals surface area contributed by atoms with Crippen molar-refractivity contribution in [2.45, 2.75) is 20.8 Å². The molecule has 4 nitrogen and oxygen atoms in total. The number of aryl methyl sites for hydroxylation is 3. The van der Waals surface area contributed by atoms with Gasteiger partial charge in [0, 0.05) is 11.1 Å². The number of nitrogens with one attached hydrogen (secondary N) is 1. The van der Waals surface area contributed by atoms with E-state index < -0.39 is 0 Å². The fraction of sp³-hybridized carbons (Fsp3) is 0.200. The number of benzene rings is 2. The minimum Gasteiger partial charge on any atom is -0.484 e. The van der Waals surface area contributed by atoms with E-state index in [0.29, 0.717) is 5.75 Å². The molecule has 1 N–H and O–H groups in total. The molecule has 0 atom stereocenters. The van der Waals surface area contributed by atoms with E-state index >= 15 is 0 Å². The summed E-state index contributed by atoms with van der Waals surface area (Å²) < 4.78 is 5.50. The van der Waals surface area contributed by atoms with Crippen molar-refractivity contribution in [3.05, 3.63) is 65.4 Å². The summed E-state index contributed by atoms with van der Waals surface area (Å²) in [5.41, 5.74) is 4.80. The van der Waals surface area contributed by atoms with Crippen molar-refractivity contribution in [1.29, 1.82) is 0 Å². The zero-order chi connectivity index (χ0) is 17.1. The minimum atomic E-state index is -0.190. The largest absolute Gasteiger partial charge is 0.484 e. The van der Waals surface area contributed by atoms with Gasteiger partial charge in [0.1, 0.15) is 5.75 Å². The molecule has 4 heteroatoms. The normalized spacial score (nSPS) is 10.6. The van der Waals surface area contributed by atoms with E-state index in [4.69, 9.17) is 4.74 Å². The number of carbonyl (C=O) groups is 1. The zero-order valence-electron chi connectivity index (χ0n) is 14.1. The van der Waals surface area contributed by atoms with Gasteiger partial charge >= 0.3 is 0 Å². The highest BCUT2D eigenvalue weighted by Crippen LogP contribution is 2.27. The predicted molar refractivity (Wildman–Crippen MR) is 96.5 cm³/mol. The molecule has 1 aromatic heterocycles. The maximum Gasteiger partial charge on any atom is 0.262 e. The highest BCUT2D eigenvalue weighted by molar-refractivity contribution is 6.02. The first-order valence-corrected chi connectivity index (χ1v) is 7.89. The van der Waals surface area contributed by atoms with E-state index in [-0.39, 0.29) is 12.5 Å². The smallest absolute Gasteiger partial charge is 0.262 e. The molecule has 0 radical (unpaired) electrons. The van der Waals surface area contributed by atoms with Gasteiger partial charge in [-0.2, -0.15) is 0 Å². The first kappa shape index (κ1) is 16.0. The van der Waals surface area contributed by atoms with Gasteiger partial charge in [-0.15, -0.1) is 0 Å². The Kier molecular flexibility index (Phi) is 4.47. The van der Waals surface area contributed by atoms with Crippen LogP contribution in [-0.4, -0.2) is 17.5 Å². The lowest BCUT2D eigenvalue weighted by molar-refractivity contribution is -0.118. The quantitative estimate of drug-likeness (QED) is 0.784. The summed E-state index contributed by atoms with van der Waals surface area (Å²) in [5, 5.41) is 3.90. The van der Waals surface area contributed by atoms with Crippen LogP contribution >= 0.6 is 0 Å². The van der Waals surface area contributed by atoms with Crippen molar-refractivity contribution in [2.75, 3.05) is 11.9 Å². The van der Waals surface area contributed by atoms with E-state index in [1.54, 1.807) is 0 Å². The van der Waals surface area contributed by atoms with Gasteiger partial charge in [-0.25, -0.2) is 0 Å². The molecule has 0 aliphatic rings. The summed E-state index contributed by atoms with van der Waals surface area (Å²) >= 11 is 0. The van der Waals surface area contributed by atoms with Crippen LogP contribution in [0.1, 0.15) is 16.8 Å². The second-order valence-corrected chi connectivity index (χ2v) is 5.94. The standard InChI is InChI=1S/C20H20N2O2/c1-13-9-14(2)20-17(10-13)18(11-15(3)21-20)22-19(23)12-24-16-7-5-4-6-8-16/h4-11H,12H2,1-3H3,(H,21,22,23). The Hall–Kier alpha value is -2.88. The van der Waals surface area contributed by atoms with Crippen molar-refractivity contribution in [3.8, 4) is 5.75 Å². The van der Waals surface area contributed by atoms with Crippen LogP contribution in [-0.2, 0) is 4.79 Å². The Balaban J connectivity index is 1.83. The molecule has 0 fully saturated rings. The van der Waals surface area contributed by atoms with E-state index in [9.17, 15) is 4.79 Å². The van der Waals surface area contributed by atoms with E-state index in [0.717, 1.165) is 33.4 Å². The van der Waals surface area contributed by atoms with Crippen molar-refractivity contribution >= 4 is 22.5 Å². The number of hydrogen-bond donors (Lipinski definition) is 1. The Morgan fingerprint density at radius 1 is 1.08 bits per heavy atom. The Morgan fingerprint density at radius 3 is 2.58 bits per heavy atom. The SMILES string of the molecule is Cc1cc(C)c2nc(C)cc(NC(=O)COc3ccccc3)c2c1. The predicted octanol–water partition coefficient (Wildman–Crippen LogP) is 4.18. The number of fused-ring (bicyclic) bond motifs is 1. The summed E-state index contributed by atoms with van der Waals surface area (Å²) in [7, 11) is 0. The van der Waals surface area contributed by atoms with Gasteiger partial charge in [-0.3, -0.25) is 9.78 Å². The molecule has 0 saturated carbocycles. The molecule has 2 aromatic carbocycles. The van der Waals surface area contributed by atoms with Crippen molar-refractivity contribution in [1.82, 2.24) is 4.98 Å². The lowest BCUT2D eigenvalue weighted by atomic mass is 10.0. The van der Waals surface area contributed by atoms with Gasteiger partial charge < -0.3 is 10.1 Å². The molecule has 1 amide bonds. The van der Waals surface area contributed by atoms with Gasteiger partial charge in [0.2, 0.25) is 0 Å². The van der Waals surface area contributed by atoms with Crippen LogP contribution in [0.5, 0.6) is 5.75 Å². The molecule has 24 heavy (non-hydrogen) atoms. The number of nitrogens with zero attached hydrogens (tertiary/aromatic N) is 1. The highest BCUT2D eigenvalue weighted by Gasteiger charge is 2.10. The van der Waals surface area contributed by atoms with Crippen LogP contribution in [0.3, 0.4) is 0 Å². The van der Waals surface area contributed by atoms with Crippen LogP contribution in [0.2, 0.25) is 0 Å². The van der Waals surface area contributed by atoms with Crippen LogP contribution in [0, 0.1) is 20.8 Å². The molecular weight excluding hydrogens is 300 g/mol. The van der Waals surface area contributed by atoms with Gasteiger partial charge in [0.05, 0.1) is 11.2 Å². The minimum absolute atomic E-state index is 0.0301. The highest BCUT2D eigenvalue weighted by atomic mass is 16.5. The number of para-hydroxylation sites is 1. The summed E-state index contributed by atoms with van der Waals surface area (Å²) in [4.78, 5) is 16.8. The van der Waals surface area contributed by atoms with Crippen LogP contribution in [0.25, 0.3) is 10.9 Å². The first-order chi connectivity index (χ1) is 11.5. The fourth-order valence-electron chi connectivity index (χ4n) is 2.76. The second-order valence-electron chi connectivity index (χ2n) is 5.94. The number of ether oxygens (including phenoxy) is 1. The summed E-state index contributed by atoms with van der Waals surface area (Å²) in [5.74, 6) is 0.486. The fourth-order valence-corrected chi connectivity index (χ4v) is 2.76. The van der Waals surface area contributed by atoms with E-state index in [1.807, 2.05) is 63.2 Å². The summed E-state index contributed by atoms with van der Waals surface area (Å²) in [6, 6.07) is 15.3. The molecule has 0 unspecified atom stereocenters. The summed E-state index contributed by atoms with van der Waals surface area (Å²) in [6.07, 6.45) is 0. The van der Waals surface area contributed by atoms with Crippen LogP contribution in [0.4, 0.5) is 5.69 Å². The van der Waals surface area contributed by atoms with Crippen molar-refractivity contribution < 1.29 is 9.53 Å². The Morgan fingerprint density at radius 2 is 1.83 bits per heavy atom. The maximum absolute atomic E-state index is 12.3.